The first-order valence-electron chi connectivity index (χ1n) is 13.5. The largest absolute Gasteiger partial charge is 0.379 e. The number of rotatable bonds is 7. The number of hydrogen-bond donors (Lipinski definition) is 2. The van der Waals surface area contributed by atoms with E-state index < -0.39 is 5.54 Å². The molecule has 2 fully saturated rings. The molecule has 2 amide bonds. The average Bonchev–Trinajstić information content (AvgIpc) is 2.81. The van der Waals surface area contributed by atoms with Crippen LogP contribution in [0.4, 0.5) is 0 Å². The van der Waals surface area contributed by atoms with Gasteiger partial charge in [0, 0.05) is 25.2 Å². The summed E-state index contributed by atoms with van der Waals surface area (Å²) in [5.74, 6) is -0.178. The first-order valence-corrected chi connectivity index (χ1v) is 13.5. The van der Waals surface area contributed by atoms with Gasteiger partial charge in [-0.2, -0.15) is 0 Å². The summed E-state index contributed by atoms with van der Waals surface area (Å²) in [6.07, 6.45) is 5.31. The third-order valence-corrected chi connectivity index (χ3v) is 7.46. The van der Waals surface area contributed by atoms with E-state index in [0.717, 1.165) is 69.7 Å². The Morgan fingerprint density at radius 2 is 1.49 bits per heavy atom. The van der Waals surface area contributed by atoms with E-state index >= 15 is 0 Å². The number of benzene rings is 1. The van der Waals surface area contributed by atoms with Gasteiger partial charge >= 0.3 is 0 Å². The Balaban J connectivity index is 1.72. The van der Waals surface area contributed by atoms with Crippen LogP contribution >= 0.6 is 0 Å². The van der Waals surface area contributed by atoms with Gasteiger partial charge in [0.25, 0.3) is 5.91 Å². The number of ether oxygens (including phenoxy) is 1. The number of nitrogens with zero attached hydrogens (tertiary/aromatic N) is 1. The summed E-state index contributed by atoms with van der Waals surface area (Å²) in [4.78, 5) is 29.4. The minimum atomic E-state index is -0.825. The van der Waals surface area contributed by atoms with Crippen LogP contribution in [0, 0.1) is 0 Å². The molecular weight excluding hydrogens is 438 g/mol. The zero-order valence-electron chi connectivity index (χ0n) is 22.9. The van der Waals surface area contributed by atoms with Gasteiger partial charge in [-0.05, 0) is 59.9 Å². The molecule has 3 rings (SSSR count). The van der Waals surface area contributed by atoms with Gasteiger partial charge in [-0.15, -0.1) is 0 Å². The van der Waals surface area contributed by atoms with Crippen LogP contribution in [0.3, 0.4) is 0 Å². The Morgan fingerprint density at radius 3 is 2.03 bits per heavy atom. The van der Waals surface area contributed by atoms with Crippen molar-refractivity contribution in [3.8, 4) is 0 Å². The number of carbonyl (C=O) groups is 2. The van der Waals surface area contributed by atoms with Crippen LogP contribution < -0.4 is 10.6 Å². The van der Waals surface area contributed by atoms with E-state index in [4.69, 9.17) is 4.74 Å². The molecule has 1 saturated carbocycles. The molecule has 1 aromatic rings. The Kier molecular flexibility index (Phi) is 9.03. The first kappa shape index (κ1) is 27.7. The lowest BCUT2D eigenvalue weighted by Gasteiger charge is -2.37. The quantitative estimate of drug-likeness (QED) is 0.556. The van der Waals surface area contributed by atoms with Crippen LogP contribution in [0.25, 0.3) is 0 Å². The normalized spacial score (nSPS) is 19.3. The molecule has 0 aromatic heterocycles. The van der Waals surface area contributed by atoms with Crippen molar-refractivity contribution in [2.45, 2.75) is 96.4 Å². The molecule has 1 aliphatic carbocycles. The van der Waals surface area contributed by atoms with Crippen LogP contribution in [-0.4, -0.2) is 61.6 Å². The van der Waals surface area contributed by atoms with E-state index in [1.807, 2.05) is 12.1 Å². The van der Waals surface area contributed by atoms with Gasteiger partial charge < -0.3 is 15.4 Å². The summed E-state index contributed by atoms with van der Waals surface area (Å²) in [5.41, 5.74) is 1.95. The molecule has 6 nitrogen and oxygen atoms in total. The van der Waals surface area contributed by atoms with E-state index in [0.29, 0.717) is 24.9 Å². The fourth-order valence-electron chi connectivity index (χ4n) is 4.98. The van der Waals surface area contributed by atoms with Crippen molar-refractivity contribution in [1.82, 2.24) is 15.5 Å². The zero-order chi connectivity index (χ0) is 25.7. The lowest BCUT2D eigenvalue weighted by atomic mass is 9.78. The van der Waals surface area contributed by atoms with Gasteiger partial charge in [-0.1, -0.05) is 66.9 Å². The maximum atomic E-state index is 13.6. The molecule has 2 aliphatic rings. The van der Waals surface area contributed by atoms with Crippen LogP contribution in [0.2, 0.25) is 0 Å². The highest BCUT2D eigenvalue weighted by atomic mass is 16.5. The second-order valence-corrected chi connectivity index (χ2v) is 12.5. The molecule has 0 radical (unpaired) electrons. The van der Waals surface area contributed by atoms with E-state index in [2.05, 4.69) is 63.1 Å². The standard InChI is InChI=1S/C29H47N3O3/c1-27(2,3)23-19-22(20-24(21-23)28(4,5)6)25(33)31-29(11-8-7-9-12-29)26(34)30-13-10-14-32-15-17-35-18-16-32/h19-21H,7-18H2,1-6H3,(H,30,34)(H,31,33). The van der Waals surface area contributed by atoms with Crippen molar-refractivity contribution in [2.24, 2.45) is 0 Å². The Bertz CT molecular complexity index is 838. The van der Waals surface area contributed by atoms with Gasteiger partial charge in [0.05, 0.1) is 13.2 Å². The molecule has 35 heavy (non-hydrogen) atoms. The van der Waals surface area contributed by atoms with Gasteiger partial charge in [0.1, 0.15) is 5.54 Å². The van der Waals surface area contributed by atoms with Crippen molar-refractivity contribution in [3.05, 3.63) is 34.9 Å². The van der Waals surface area contributed by atoms with Gasteiger partial charge in [-0.3, -0.25) is 14.5 Å². The summed E-state index contributed by atoms with van der Waals surface area (Å²) in [5, 5.41) is 6.37. The van der Waals surface area contributed by atoms with Crippen molar-refractivity contribution in [1.29, 1.82) is 0 Å². The van der Waals surface area contributed by atoms with Crippen LogP contribution in [0.15, 0.2) is 18.2 Å². The van der Waals surface area contributed by atoms with Crippen molar-refractivity contribution < 1.29 is 14.3 Å². The van der Waals surface area contributed by atoms with Crippen molar-refractivity contribution in [3.63, 3.8) is 0 Å². The highest BCUT2D eigenvalue weighted by Gasteiger charge is 2.41. The second-order valence-electron chi connectivity index (χ2n) is 12.5. The monoisotopic (exact) mass is 485 g/mol. The summed E-state index contributed by atoms with van der Waals surface area (Å²) in [6.45, 7) is 18.1. The minimum Gasteiger partial charge on any atom is -0.379 e. The van der Waals surface area contributed by atoms with Crippen LogP contribution in [0.5, 0.6) is 0 Å². The Hall–Kier alpha value is -1.92. The molecule has 0 atom stereocenters. The summed E-state index contributed by atoms with van der Waals surface area (Å²) in [6, 6.07) is 6.22. The number of carbonyl (C=O) groups excluding carboxylic acids is 2. The summed E-state index contributed by atoms with van der Waals surface area (Å²) < 4.78 is 5.41. The molecule has 6 heteroatoms. The lowest BCUT2D eigenvalue weighted by molar-refractivity contribution is -0.128. The topological polar surface area (TPSA) is 70.7 Å². The highest BCUT2D eigenvalue weighted by molar-refractivity contribution is 5.99. The Morgan fingerprint density at radius 1 is 0.914 bits per heavy atom. The smallest absolute Gasteiger partial charge is 0.252 e. The number of amides is 2. The SMILES string of the molecule is CC(C)(C)c1cc(C(=O)NC2(C(=O)NCCCN3CCOCC3)CCCCC2)cc(C(C)(C)C)c1. The second kappa shape index (κ2) is 11.4. The lowest BCUT2D eigenvalue weighted by Crippen LogP contribution is -2.60. The van der Waals surface area contributed by atoms with Gasteiger partial charge in [0.2, 0.25) is 5.91 Å². The average molecular weight is 486 g/mol. The third-order valence-electron chi connectivity index (χ3n) is 7.46. The summed E-state index contributed by atoms with van der Waals surface area (Å²) in [7, 11) is 0. The first-order chi connectivity index (χ1) is 16.4. The minimum absolute atomic E-state index is 0.0319. The van der Waals surface area contributed by atoms with E-state index in [-0.39, 0.29) is 22.6 Å². The predicted molar refractivity (Wildman–Crippen MR) is 142 cm³/mol. The van der Waals surface area contributed by atoms with Crippen LogP contribution in [-0.2, 0) is 20.4 Å². The van der Waals surface area contributed by atoms with E-state index in [1.165, 1.54) is 0 Å². The zero-order valence-corrected chi connectivity index (χ0v) is 22.9. The maximum absolute atomic E-state index is 13.6. The van der Waals surface area contributed by atoms with Gasteiger partial charge in [-0.25, -0.2) is 0 Å². The fourth-order valence-corrected chi connectivity index (χ4v) is 4.98. The molecule has 1 aliphatic heterocycles. The molecular formula is C29H47N3O3. The maximum Gasteiger partial charge on any atom is 0.252 e. The molecule has 1 saturated heterocycles. The predicted octanol–water partition coefficient (Wildman–Crippen LogP) is 4.55. The fraction of sp³-hybridized carbons (Fsp3) is 0.724. The Labute approximate surface area is 212 Å². The third kappa shape index (κ3) is 7.53. The molecule has 1 aromatic carbocycles. The van der Waals surface area contributed by atoms with Crippen molar-refractivity contribution in [2.75, 3.05) is 39.4 Å². The molecule has 0 bridgehead atoms. The van der Waals surface area contributed by atoms with Crippen LogP contribution in [0.1, 0.15) is 102 Å². The highest BCUT2D eigenvalue weighted by Crippen LogP contribution is 2.32. The van der Waals surface area contributed by atoms with Gasteiger partial charge in [0.15, 0.2) is 0 Å². The molecule has 196 valence electrons. The summed E-state index contributed by atoms with van der Waals surface area (Å²) >= 11 is 0. The number of hydrogen-bond acceptors (Lipinski definition) is 4. The van der Waals surface area contributed by atoms with Crippen molar-refractivity contribution >= 4 is 11.8 Å². The molecule has 0 unspecified atom stereocenters. The molecule has 2 N–H and O–H groups in total. The van der Waals surface area contributed by atoms with E-state index in [9.17, 15) is 9.59 Å². The molecule has 0 spiro atoms. The number of morpholine rings is 1. The number of nitrogens with one attached hydrogen (secondary N) is 2. The van der Waals surface area contributed by atoms with E-state index in [1.54, 1.807) is 0 Å². The molecule has 1 heterocycles.